The SMILES string of the molecule is O=C(NNC(=O)c1ccccc1Br)c1cc2c(s1)CCCCCC2. The maximum Gasteiger partial charge on any atom is 0.279 e. The molecule has 24 heavy (non-hydrogen) atoms. The van der Waals surface area contributed by atoms with Gasteiger partial charge in [-0.25, -0.2) is 0 Å². The van der Waals surface area contributed by atoms with Crippen molar-refractivity contribution in [3.05, 3.63) is 55.7 Å². The van der Waals surface area contributed by atoms with Crippen LogP contribution in [0.4, 0.5) is 0 Å². The molecule has 0 fully saturated rings. The van der Waals surface area contributed by atoms with E-state index in [1.54, 1.807) is 29.5 Å². The Labute approximate surface area is 153 Å². The molecule has 0 spiro atoms. The lowest BCUT2D eigenvalue weighted by Crippen LogP contribution is -2.41. The van der Waals surface area contributed by atoms with Crippen molar-refractivity contribution in [1.29, 1.82) is 0 Å². The van der Waals surface area contributed by atoms with Crippen molar-refractivity contribution in [1.82, 2.24) is 10.9 Å². The molecule has 0 saturated carbocycles. The van der Waals surface area contributed by atoms with Gasteiger partial charge in [0.2, 0.25) is 0 Å². The third-order valence-electron chi connectivity index (χ3n) is 4.13. The maximum absolute atomic E-state index is 12.3. The standard InChI is InChI=1S/C18H19BrN2O2S/c19-14-9-6-5-8-13(14)17(22)20-21-18(23)16-11-12-7-3-1-2-4-10-15(12)24-16/h5-6,8-9,11H,1-4,7,10H2,(H,20,22)(H,21,23). The van der Waals surface area contributed by atoms with E-state index in [1.165, 1.54) is 36.1 Å². The largest absolute Gasteiger partial charge is 0.279 e. The smallest absolute Gasteiger partial charge is 0.267 e. The number of rotatable bonds is 2. The molecule has 0 aliphatic heterocycles. The molecule has 0 unspecified atom stereocenters. The number of carbonyl (C=O) groups is 2. The van der Waals surface area contributed by atoms with Gasteiger partial charge in [0, 0.05) is 9.35 Å². The van der Waals surface area contributed by atoms with Crippen LogP contribution in [0.3, 0.4) is 0 Å². The fraction of sp³-hybridized carbons (Fsp3) is 0.333. The van der Waals surface area contributed by atoms with Crippen LogP contribution >= 0.6 is 27.3 Å². The lowest BCUT2D eigenvalue weighted by Gasteiger charge is -2.07. The van der Waals surface area contributed by atoms with E-state index in [0.29, 0.717) is 14.9 Å². The maximum atomic E-state index is 12.3. The van der Waals surface area contributed by atoms with Gasteiger partial charge in [0.25, 0.3) is 11.8 Å². The summed E-state index contributed by atoms with van der Waals surface area (Å²) in [4.78, 5) is 26.4. The van der Waals surface area contributed by atoms with Gasteiger partial charge in [-0.05, 0) is 65.4 Å². The minimum atomic E-state index is -0.342. The second-order valence-corrected chi connectivity index (χ2v) is 7.85. The molecule has 0 atom stereocenters. The highest BCUT2D eigenvalue weighted by atomic mass is 79.9. The average molecular weight is 407 g/mol. The van der Waals surface area contributed by atoms with Crippen molar-refractivity contribution in [3.8, 4) is 0 Å². The van der Waals surface area contributed by atoms with Crippen molar-refractivity contribution in [2.75, 3.05) is 0 Å². The van der Waals surface area contributed by atoms with Gasteiger partial charge in [0.1, 0.15) is 0 Å². The molecule has 1 aromatic heterocycles. The fourth-order valence-electron chi connectivity index (χ4n) is 2.84. The number of benzene rings is 1. The number of hydrogen-bond donors (Lipinski definition) is 2. The molecular formula is C18H19BrN2O2S. The van der Waals surface area contributed by atoms with Gasteiger partial charge in [-0.1, -0.05) is 25.0 Å². The Morgan fingerprint density at radius 3 is 2.46 bits per heavy atom. The number of nitrogens with one attached hydrogen (secondary N) is 2. The highest BCUT2D eigenvalue weighted by Crippen LogP contribution is 2.28. The first-order chi connectivity index (χ1) is 11.6. The first-order valence-electron chi connectivity index (χ1n) is 8.12. The molecule has 0 radical (unpaired) electrons. The van der Waals surface area contributed by atoms with Crippen LogP contribution in [0.5, 0.6) is 0 Å². The van der Waals surface area contributed by atoms with Gasteiger partial charge < -0.3 is 0 Å². The third kappa shape index (κ3) is 4.05. The Morgan fingerprint density at radius 1 is 0.958 bits per heavy atom. The van der Waals surface area contributed by atoms with Crippen LogP contribution in [0.15, 0.2) is 34.8 Å². The van der Waals surface area contributed by atoms with E-state index in [2.05, 4.69) is 26.8 Å². The molecule has 1 heterocycles. The van der Waals surface area contributed by atoms with Crippen LogP contribution < -0.4 is 10.9 Å². The van der Waals surface area contributed by atoms with E-state index >= 15 is 0 Å². The summed E-state index contributed by atoms with van der Waals surface area (Å²) in [6.45, 7) is 0. The molecular weight excluding hydrogens is 388 g/mol. The highest BCUT2D eigenvalue weighted by molar-refractivity contribution is 9.10. The minimum absolute atomic E-state index is 0.257. The molecule has 2 N–H and O–H groups in total. The van der Waals surface area contributed by atoms with Crippen molar-refractivity contribution >= 4 is 39.1 Å². The summed E-state index contributed by atoms with van der Waals surface area (Å²) in [5, 5.41) is 0. The number of aryl methyl sites for hydroxylation is 2. The number of hydrogen-bond acceptors (Lipinski definition) is 3. The summed E-state index contributed by atoms with van der Waals surface area (Å²) in [7, 11) is 0. The molecule has 3 rings (SSSR count). The van der Waals surface area contributed by atoms with Crippen molar-refractivity contribution < 1.29 is 9.59 Å². The Hall–Kier alpha value is -1.66. The molecule has 4 nitrogen and oxygen atoms in total. The number of fused-ring (bicyclic) bond motifs is 1. The van der Waals surface area contributed by atoms with Crippen molar-refractivity contribution in [2.24, 2.45) is 0 Å². The van der Waals surface area contributed by atoms with Crippen LogP contribution in [0.2, 0.25) is 0 Å². The molecule has 2 aromatic rings. The number of hydrazine groups is 1. The normalized spacial score (nSPS) is 14.2. The molecule has 0 bridgehead atoms. The number of amides is 2. The van der Waals surface area contributed by atoms with E-state index in [4.69, 9.17) is 0 Å². The number of carbonyl (C=O) groups excluding carboxylic acids is 2. The Balaban J connectivity index is 1.64. The third-order valence-corrected chi connectivity index (χ3v) is 6.06. The molecule has 1 aromatic carbocycles. The summed E-state index contributed by atoms with van der Waals surface area (Å²) in [6, 6.07) is 9.07. The molecule has 0 saturated heterocycles. The van der Waals surface area contributed by atoms with Crippen LogP contribution in [-0.2, 0) is 12.8 Å². The van der Waals surface area contributed by atoms with E-state index in [1.807, 2.05) is 12.1 Å². The summed E-state index contributed by atoms with van der Waals surface area (Å²) >= 11 is 4.87. The van der Waals surface area contributed by atoms with Gasteiger partial charge in [-0.3, -0.25) is 20.4 Å². The topological polar surface area (TPSA) is 58.2 Å². The zero-order chi connectivity index (χ0) is 16.9. The molecule has 6 heteroatoms. The Bertz CT molecular complexity index is 732. The predicted octanol–water partition coefficient (Wildman–Crippen LogP) is 4.24. The summed E-state index contributed by atoms with van der Waals surface area (Å²) in [5.41, 5.74) is 6.77. The monoisotopic (exact) mass is 406 g/mol. The van der Waals surface area contributed by atoms with Crippen molar-refractivity contribution in [2.45, 2.75) is 38.5 Å². The molecule has 2 amide bonds. The second-order valence-electron chi connectivity index (χ2n) is 5.86. The van der Waals surface area contributed by atoms with Crippen molar-refractivity contribution in [3.63, 3.8) is 0 Å². The van der Waals surface area contributed by atoms with Crippen LogP contribution in [0.25, 0.3) is 0 Å². The number of thiophene rings is 1. The average Bonchev–Trinajstić information content (AvgIpc) is 2.95. The van der Waals surface area contributed by atoms with Crippen LogP contribution in [0, 0.1) is 0 Å². The predicted molar refractivity (Wildman–Crippen MR) is 99.3 cm³/mol. The molecule has 1 aliphatic carbocycles. The van der Waals surface area contributed by atoms with E-state index in [-0.39, 0.29) is 11.8 Å². The van der Waals surface area contributed by atoms with E-state index in [0.717, 1.165) is 12.8 Å². The fourth-order valence-corrected chi connectivity index (χ4v) is 4.46. The lowest BCUT2D eigenvalue weighted by atomic mass is 10.00. The zero-order valence-corrected chi connectivity index (χ0v) is 15.6. The van der Waals surface area contributed by atoms with Gasteiger partial charge in [-0.2, -0.15) is 0 Å². The zero-order valence-electron chi connectivity index (χ0n) is 13.2. The lowest BCUT2D eigenvalue weighted by molar-refractivity contribution is 0.0848. The van der Waals surface area contributed by atoms with Crippen LogP contribution in [-0.4, -0.2) is 11.8 Å². The summed E-state index contributed by atoms with van der Waals surface area (Å²) in [5.74, 6) is -0.599. The van der Waals surface area contributed by atoms with E-state index < -0.39 is 0 Å². The first kappa shape index (κ1) is 17.2. The summed E-state index contributed by atoms with van der Waals surface area (Å²) in [6.07, 6.45) is 7.00. The number of halogens is 1. The second kappa shape index (κ2) is 7.94. The van der Waals surface area contributed by atoms with Gasteiger partial charge in [0.15, 0.2) is 0 Å². The van der Waals surface area contributed by atoms with E-state index in [9.17, 15) is 9.59 Å². The molecule has 126 valence electrons. The minimum Gasteiger partial charge on any atom is -0.267 e. The first-order valence-corrected chi connectivity index (χ1v) is 9.73. The molecule has 1 aliphatic rings. The Kier molecular flexibility index (Phi) is 5.68. The quantitative estimate of drug-likeness (QED) is 0.732. The highest BCUT2D eigenvalue weighted by Gasteiger charge is 2.17. The van der Waals surface area contributed by atoms with Gasteiger partial charge >= 0.3 is 0 Å². The summed E-state index contributed by atoms with van der Waals surface area (Å²) < 4.78 is 0.691. The van der Waals surface area contributed by atoms with Crippen LogP contribution in [0.1, 0.15) is 56.2 Å². The Morgan fingerprint density at radius 2 is 1.67 bits per heavy atom. The van der Waals surface area contributed by atoms with Gasteiger partial charge in [0.05, 0.1) is 10.4 Å². The van der Waals surface area contributed by atoms with Gasteiger partial charge in [-0.15, -0.1) is 11.3 Å².